The lowest BCUT2D eigenvalue weighted by Crippen LogP contribution is -2.45. The minimum Gasteiger partial charge on any atom is -0.352 e. The maximum atomic E-state index is 13.0. The molecule has 0 saturated carbocycles. The molecule has 0 bridgehead atoms. The van der Waals surface area contributed by atoms with Crippen molar-refractivity contribution in [2.45, 2.75) is 31.7 Å². The van der Waals surface area contributed by atoms with Crippen LogP contribution in [0.4, 0.5) is 8.78 Å². The van der Waals surface area contributed by atoms with Gasteiger partial charge in [-0.2, -0.15) is 0 Å². The number of Topliss-reactive ketones (excluding diaryl/α,β-unsaturated/α-hetero) is 1. The molecule has 1 saturated heterocycles. The van der Waals surface area contributed by atoms with E-state index in [0.29, 0.717) is 0 Å². The van der Waals surface area contributed by atoms with Gasteiger partial charge in [-0.1, -0.05) is 0 Å². The maximum Gasteiger partial charge on any atom is 0.220 e. The van der Waals surface area contributed by atoms with Crippen LogP contribution in [0.3, 0.4) is 0 Å². The molecule has 1 fully saturated rings. The smallest absolute Gasteiger partial charge is 0.220 e. The lowest BCUT2D eigenvalue weighted by Gasteiger charge is -2.23. The summed E-state index contributed by atoms with van der Waals surface area (Å²) in [6, 6.07) is 3.10. The number of hydrogen-bond acceptors (Lipinski definition) is 3. The average molecular weight is 296 g/mol. The van der Waals surface area contributed by atoms with Crippen LogP contribution >= 0.6 is 0 Å². The summed E-state index contributed by atoms with van der Waals surface area (Å²) in [6.07, 6.45) is 1.97. The Morgan fingerprint density at radius 3 is 2.71 bits per heavy atom. The van der Waals surface area contributed by atoms with E-state index in [1.165, 1.54) is 6.07 Å². The standard InChI is InChI=1S/C15H18F2N2O2/c16-12-4-3-10(8-13(12)17)14(20)5-6-15(21)19-11-2-1-7-18-9-11/h3-4,8,11,18H,1-2,5-7,9H2,(H,19,21). The molecule has 2 rings (SSSR count). The zero-order valence-electron chi connectivity index (χ0n) is 11.6. The first-order chi connectivity index (χ1) is 10.1. The average Bonchev–Trinajstić information content (AvgIpc) is 2.48. The topological polar surface area (TPSA) is 58.2 Å². The number of halogens is 2. The molecule has 2 N–H and O–H groups in total. The molecule has 1 aromatic carbocycles. The number of carbonyl (C=O) groups excluding carboxylic acids is 2. The quantitative estimate of drug-likeness (QED) is 0.815. The van der Waals surface area contributed by atoms with E-state index >= 15 is 0 Å². The molecule has 4 nitrogen and oxygen atoms in total. The van der Waals surface area contributed by atoms with Gasteiger partial charge >= 0.3 is 0 Å². The van der Waals surface area contributed by atoms with Crippen LogP contribution in [0.15, 0.2) is 18.2 Å². The SMILES string of the molecule is O=C(CCC(=O)c1ccc(F)c(F)c1)NC1CCCNC1. The molecule has 21 heavy (non-hydrogen) atoms. The van der Waals surface area contributed by atoms with Gasteiger partial charge in [0.05, 0.1) is 0 Å². The highest BCUT2D eigenvalue weighted by Crippen LogP contribution is 2.11. The van der Waals surface area contributed by atoms with E-state index in [1.54, 1.807) is 0 Å². The molecule has 1 aliphatic heterocycles. The van der Waals surface area contributed by atoms with E-state index in [2.05, 4.69) is 10.6 Å². The normalized spacial score (nSPS) is 18.3. The summed E-state index contributed by atoms with van der Waals surface area (Å²) in [5, 5.41) is 6.04. The number of nitrogens with one attached hydrogen (secondary N) is 2. The monoisotopic (exact) mass is 296 g/mol. The van der Waals surface area contributed by atoms with Gasteiger partial charge in [0.2, 0.25) is 5.91 Å². The molecule has 1 aliphatic rings. The van der Waals surface area contributed by atoms with E-state index in [0.717, 1.165) is 38.1 Å². The van der Waals surface area contributed by atoms with Crippen molar-refractivity contribution < 1.29 is 18.4 Å². The number of piperidine rings is 1. The molecule has 0 aliphatic carbocycles. The van der Waals surface area contributed by atoms with Gasteiger partial charge in [0.1, 0.15) is 0 Å². The predicted molar refractivity (Wildman–Crippen MR) is 74.0 cm³/mol. The number of carbonyl (C=O) groups is 2. The van der Waals surface area contributed by atoms with Crippen molar-refractivity contribution in [1.29, 1.82) is 0 Å². The molecule has 0 spiro atoms. The van der Waals surface area contributed by atoms with E-state index in [9.17, 15) is 18.4 Å². The Morgan fingerprint density at radius 1 is 1.24 bits per heavy atom. The van der Waals surface area contributed by atoms with Crippen LogP contribution < -0.4 is 10.6 Å². The highest BCUT2D eigenvalue weighted by molar-refractivity contribution is 5.97. The molecule has 1 aromatic rings. The highest BCUT2D eigenvalue weighted by Gasteiger charge is 2.16. The van der Waals surface area contributed by atoms with Crippen molar-refractivity contribution >= 4 is 11.7 Å². The van der Waals surface area contributed by atoms with E-state index < -0.39 is 11.6 Å². The Labute approximate surface area is 121 Å². The first kappa shape index (κ1) is 15.6. The Balaban J connectivity index is 1.80. The molecule has 1 amide bonds. The molecule has 0 aromatic heterocycles. The van der Waals surface area contributed by atoms with Crippen molar-refractivity contribution in [3.63, 3.8) is 0 Å². The third-order valence-electron chi connectivity index (χ3n) is 3.48. The van der Waals surface area contributed by atoms with Gasteiger partial charge in [-0.05, 0) is 37.6 Å². The second-order valence-electron chi connectivity index (χ2n) is 5.16. The number of rotatable bonds is 5. The van der Waals surface area contributed by atoms with Crippen LogP contribution in [0, 0.1) is 11.6 Å². The summed E-state index contributed by atoms with van der Waals surface area (Å²) < 4.78 is 25.8. The third-order valence-corrected chi connectivity index (χ3v) is 3.48. The van der Waals surface area contributed by atoms with Crippen molar-refractivity contribution in [2.24, 2.45) is 0 Å². The van der Waals surface area contributed by atoms with Crippen LogP contribution in [0.5, 0.6) is 0 Å². The fraction of sp³-hybridized carbons (Fsp3) is 0.467. The molecule has 114 valence electrons. The number of hydrogen-bond donors (Lipinski definition) is 2. The first-order valence-corrected chi connectivity index (χ1v) is 7.04. The Hall–Kier alpha value is -1.82. The molecule has 1 unspecified atom stereocenters. The van der Waals surface area contributed by atoms with Crippen LogP contribution in [0.25, 0.3) is 0 Å². The highest BCUT2D eigenvalue weighted by atomic mass is 19.2. The Bertz CT molecular complexity index is 528. The van der Waals surface area contributed by atoms with Gasteiger partial charge in [-0.25, -0.2) is 8.78 Å². The number of ketones is 1. The first-order valence-electron chi connectivity index (χ1n) is 7.04. The zero-order chi connectivity index (χ0) is 15.2. The second kappa shape index (κ2) is 7.26. The van der Waals surface area contributed by atoms with Gasteiger partial charge in [0.25, 0.3) is 0 Å². The van der Waals surface area contributed by atoms with Gasteiger partial charge in [0, 0.05) is 31.0 Å². The van der Waals surface area contributed by atoms with Gasteiger partial charge in [-0.15, -0.1) is 0 Å². The predicted octanol–water partition coefficient (Wildman–Crippen LogP) is 1.80. The van der Waals surface area contributed by atoms with E-state index in [-0.39, 0.29) is 36.1 Å². The molecule has 6 heteroatoms. The largest absolute Gasteiger partial charge is 0.352 e. The molecule has 1 heterocycles. The number of amides is 1. The van der Waals surface area contributed by atoms with E-state index in [1.807, 2.05) is 0 Å². The van der Waals surface area contributed by atoms with Crippen molar-refractivity contribution in [3.8, 4) is 0 Å². The molecule has 1 atom stereocenters. The summed E-state index contributed by atoms with van der Waals surface area (Å²) in [4.78, 5) is 23.6. The van der Waals surface area contributed by atoms with Crippen LogP contribution in [0.1, 0.15) is 36.0 Å². The summed E-state index contributed by atoms with van der Waals surface area (Å²) in [6.45, 7) is 1.70. The fourth-order valence-electron chi connectivity index (χ4n) is 2.32. The minimum atomic E-state index is -1.06. The van der Waals surface area contributed by atoms with Crippen LogP contribution in [-0.4, -0.2) is 30.8 Å². The lowest BCUT2D eigenvalue weighted by atomic mass is 10.0. The van der Waals surface area contributed by atoms with Crippen molar-refractivity contribution in [1.82, 2.24) is 10.6 Å². The van der Waals surface area contributed by atoms with Gasteiger partial charge in [0.15, 0.2) is 17.4 Å². The van der Waals surface area contributed by atoms with Crippen molar-refractivity contribution in [3.05, 3.63) is 35.4 Å². The summed E-state index contributed by atoms with van der Waals surface area (Å²) in [5.74, 6) is -2.61. The van der Waals surface area contributed by atoms with Crippen LogP contribution in [-0.2, 0) is 4.79 Å². The number of benzene rings is 1. The second-order valence-corrected chi connectivity index (χ2v) is 5.16. The summed E-state index contributed by atoms with van der Waals surface area (Å²) in [7, 11) is 0. The van der Waals surface area contributed by atoms with Gasteiger partial charge < -0.3 is 10.6 Å². The molecule has 0 radical (unpaired) electrons. The maximum absolute atomic E-state index is 13.0. The Morgan fingerprint density at radius 2 is 2.05 bits per heavy atom. The van der Waals surface area contributed by atoms with Crippen LogP contribution in [0.2, 0.25) is 0 Å². The minimum absolute atomic E-state index is 0.0168. The van der Waals surface area contributed by atoms with Gasteiger partial charge in [-0.3, -0.25) is 9.59 Å². The Kier molecular flexibility index (Phi) is 5.38. The molecular weight excluding hydrogens is 278 g/mol. The van der Waals surface area contributed by atoms with Crippen molar-refractivity contribution in [2.75, 3.05) is 13.1 Å². The summed E-state index contributed by atoms with van der Waals surface area (Å²) in [5.41, 5.74) is 0.0843. The lowest BCUT2D eigenvalue weighted by molar-refractivity contribution is -0.121. The summed E-state index contributed by atoms with van der Waals surface area (Å²) >= 11 is 0. The zero-order valence-corrected chi connectivity index (χ0v) is 11.6. The third kappa shape index (κ3) is 4.60. The fourth-order valence-corrected chi connectivity index (χ4v) is 2.32. The molecular formula is C15H18F2N2O2. The van der Waals surface area contributed by atoms with E-state index in [4.69, 9.17) is 0 Å².